The summed E-state index contributed by atoms with van der Waals surface area (Å²) in [5, 5.41) is 8.77. The first kappa shape index (κ1) is 12.9. The number of nitrogens with zero attached hydrogens (tertiary/aromatic N) is 1. The van der Waals surface area contributed by atoms with Crippen LogP contribution in [0.2, 0.25) is 0 Å². The van der Waals surface area contributed by atoms with Crippen LogP contribution in [0.25, 0.3) is 0 Å². The monoisotopic (exact) mass is 235 g/mol. The first-order chi connectivity index (χ1) is 7.37. The van der Waals surface area contributed by atoms with Gasteiger partial charge in [-0.25, -0.2) is 8.78 Å². The van der Waals surface area contributed by atoms with Gasteiger partial charge in [0.1, 0.15) is 5.92 Å². The lowest BCUT2D eigenvalue weighted by Crippen LogP contribution is -2.49. The van der Waals surface area contributed by atoms with Crippen LogP contribution in [-0.4, -0.2) is 40.9 Å². The Bertz CT molecular complexity index is 294. The van der Waals surface area contributed by atoms with Crippen molar-refractivity contribution in [1.29, 1.82) is 0 Å². The van der Waals surface area contributed by atoms with Gasteiger partial charge in [-0.2, -0.15) is 0 Å². The minimum atomic E-state index is -2.88. The predicted molar refractivity (Wildman–Crippen MR) is 52.2 cm³/mol. The molecule has 0 aliphatic carbocycles. The lowest BCUT2D eigenvalue weighted by atomic mass is 10.0. The van der Waals surface area contributed by atoms with E-state index in [4.69, 9.17) is 5.11 Å². The number of likely N-dealkylation sites (tertiary alicyclic amines) is 1. The highest BCUT2D eigenvalue weighted by Gasteiger charge is 2.39. The number of amides is 1. The minimum absolute atomic E-state index is 0.121. The highest BCUT2D eigenvalue weighted by atomic mass is 19.3. The maximum absolute atomic E-state index is 13.0. The highest BCUT2D eigenvalue weighted by molar-refractivity contribution is 5.96. The Labute approximate surface area is 92.2 Å². The number of aliphatic carboxylic acids is 1. The van der Waals surface area contributed by atoms with E-state index in [1.165, 1.54) is 0 Å². The zero-order valence-electron chi connectivity index (χ0n) is 9.08. The van der Waals surface area contributed by atoms with E-state index in [2.05, 4.69) is 0 Å². The predicted octanol–water partition coefficient (Wildman–Crippen LogP) is 1.35. The number of carbonyl (C=O) groups is 2. The lowest BCUT2D eigenvalue weighted by molar-refractivity contribution is -0.156. The molecule has 0 aromatic carbocycles. The van der Waals surface area contributed by atoms with Crippen LogP contribution in [0.1, 0.15) is 26.2 Å². The zero-order valence-corrected chi connectivity index (χ0v) is 9.08. The number of hydrogen-bond donors (Lipinski definition) is 1. The Kier molecular flexibility index (Phi) is 3.83. The summed E-state index contributed by atoms with van der Waals surface area (Å²) in [6, 6.07) is 0. The molecule has 0 aromatic rings. The summed E-state index contributed by atoms with van der Waals surface area (Å²) < 4.78 is 26.1. The van der Waals surface area contributed by atoms with Crippen molar-refractivity contribution in [3.05, 3.63) is 0 Å². The molecule has 1 N–H and O–H groups in total. The fourth-order valence-electron chi connectivity index (χ4n) is 1.83. The van der Waals surface area contributed by atoms with Gasteiger partial charge in [0, 0.05) is 13.0 Å². The Hall–Kier alpha value is -1.20. The van der Waals surface area contributed by atoms with Crippen LogP contribution < -0.4 is 0 Å². The number of halogens is 2. The van der Waals surface area contributed by atoms with Crippen LogP contribution in [0.15, 0.2) is 0 Å². The summed E-state index contributed by atoms with van der Waals surface area (Å²) in [6.45, 7) is 1.12. The summed E-state index contributed by atoms with van der Waals surface area (Å²) >= 11 is 0. The second-order valence-corrected chi connectivity index (χ2v) is 4.02. The number of carbonyl (C=O) groups excluding carboxylic acids is 1. The largest absolute Gasteiger partial charge is 0.481 e. The molecule has 1 amide bonds. The maximum Gasteiger partial charge on any atom is 0.316 e. The van der Waals surface area contributed by atoms with Crippen molar-refractivity contribution in [2.45, 2.75) is 32.1 Å². The third-order valence-corrected chi connectivity index (χ3v) is 2.71. The smallest absolute Gasteiger partial charge is 0.316 e. The summed E-state index contributed by atoms with van der Waals surface area (Å²) in [4.78, 5) is 23.4. The number of piperidine rings is 1. The van der Waals surface area contributed by atoms with Gasteiger partial charge in [0.05, 0.1) is 6.54 Å². The third kappa shape index (κ3) is 2.90. The second kappa shape index (κ2) is 4.76. The molecule has 1 heterocycles. The maximum atomic E-state index is 13.0. The number of rotatable bonds is 3. The quantitative estimate of drug-likeness (QED) is 0.751. The van der Waals surface area contributed by atoms with Gasteiger partial charge in [-0.15, -0.1) is 0 Å². The lowest BCUT2D eigenvalue weighted by Gasteiger charge is -2.33. The van der Waals surface area contributed by atoms with E-state index in [1.807, 2.05) is 0 Å². The molecule has 1 aliphatic rings. The average Bonchev–Trinajstić information content (AvgIpc) is 2.16. The Morgan fingerprint density at radius 2 is 2.12 bits per heavy atom. The average molecular weight is 235 g/mol. The van der Waals surface area contributed by atoms with E-state index in [-0.39, 0.29) is 25.8 Å². The van der Waals surface area contributed by atoms with Gasteiger partial charge in [-0.3, -0.25) is 9.59 Å². The SMILES string of the molecule is CCC(C(=O)O)C(=O)N1CCCC(F)(F)C1. The molecular weight excluding hydrogens is 220 g/mol. The van der Waals surface area contributed by atoms with Gasteiger partial charge in [-0.05, 0) is 12.8 Å². The molecule has 4 nitrogen and oxygen atoms in total. The molecule has 0 spiro atoms. The van der Waals surface area contributed by atoms with Crippen molar-refractivity contribution in [3.8, 4) is 0 Å². The number of alkyl halides is 2. The first-order valence-electron chi connectivity index (χ1n) is 5.27. The molecule has 1 rings (SSSR count). The molecule has 16 heavy (non-hydrogen) atoms. The normalized spacial score (nSPS) is 21.6. The topological polar surface area (TPSA) is 57.6 Å². The van der Waals surface area contributed by atoms with Gasteiger partial charge in [0.15, 0.2) is 0 Å². The molecule has 1 saturated heterocycles. The molecule has 92 valence electrons. The van der Waals surface area contributed by atoms with Gasteiger partial charge in [0.2, 0.25) is 5.91 Å². The van der Waals surface area contributed by atoms with E-state index >= 15 is 0 Å². The van der Waals surface area contributed by atoms with E-state index in [0.29, 0.717) is 0 Å². The highest BCUT2D eigenvalue weighted by Crippen LogP contribution is 2.27. The molecule has 0 radical (unpaired) electrons. The van der Waals surface area contributed by atoms with Gasteiger partial charge < -0.3 is 10.0 Å². The van der Waals surface area contributed by atoms with Gasteiger partial charge >= 0.3 is 5.97 Å². The van der Waals surface area contributed by atoms with Crippen molar-refractivity contribution < 1.29 is 23.5 Å². The van der Waals surface area contributed by atoms with Crippen molar-refractivity contribution in [2.24, 2.45) is 5.92 Å². The zero-order chi connectivity index (χ0) is 12.3. The van der Waals surface area contributed by atoms with Crippen LogP contribution >= 0.6 is 0 Å². The number of hydrogen-bond acceptors (Lipinski definition) is 2. The van der Waals surface area contributed by atoms with E-state index in [9.17, 15) is 18.4 Å². The van der Waals surface area contributed by atoms with Crippen LogP contribution in [-0.2, 0) is 9.59 Å². The molecule has 0 aromatic heterocycles. The molecule has 1 aliphatic heterocycles. The van der Waals surface area contributed by atoms with Crippen LogP contribution in [0.5, 0.6) is 0 Å². The van der Waals surface area contributed by atoms with Crippen LogP contribution in [0.3, 0.4) is 0 Å². The van der Waals surface area contributed by atoms with Gasteiger partial charge in [-0.1, -0.05) is 6.92 Å². The molecule has 1 fully saturated rings. The fraction of sp³-hybridized carbons (Fsp3) is 0.800. The molecule has 6 heteroatoms. The van der Waals surface area contributed by atoms with Crippen molar-refractivity contribution in [1.82, 2.24) is 4.90 Å². The van der Waals surface area contributed by atoms with Crippen LogP contribution in [0, 0.1) is 5.92 Å². The summed E-state index contributed by atoms with van der Waals surface area (Å²) in [6.07, 6.45) is 0.103. The third-order valence-electron chi connectivity index (χ3n) is 2.71. The summed E-state index contributed by atoms with van der Waals surface area (Å²) in [5.41, 5.74) is 0. The van der Waals surface area contributed by atoms with E-state index < -0.39 is 30.3 Å². The molecule has 0 bridgehead atoms. The molecule has 0 saturated carbocycles. The number of carboxylic acids is 1. The standard InChI is InChI=1S/C10H15F2NO3/c1-2-7(9(15)16)8(14)13-5-3-4-10(11,12)6-13/h7H,2-6H2,1H3,(H,15,16). The molecule has 1 atom stereocenters. The van der Waals surface area contributed by atoms with Crippen LogP contribution in [0.4, 0.5) is 8.78 Å². The fourth-order valence-corrected chi connectivity index (χ4v) is 1.83. The Morgan fingerprint density at radius 3 is 2.56 bits per heavy atom. The summed E-state index contributed by atoms with van der Waals surface area (Å²) in [7, 11) is 0. The van der Waals surface area contributed by atoms with Crippen molar-refractivity contribution in [3.63, 3.8) is 0 Å². The molecular formula is C10H15F2NO3. The molecule has 1 unspecified atom stereocenters. The van der Waals surface area contributed by atoms with Crippen molar-refractivity contribution in [2.75, 3.05) is 13.1 Å². The second-order valence-electron chi connectivity index (χ2n) is 4.02. The minimum Gasteiger partial charge on any atom is -0.481 e. The Balaban J connectivity index is 2.69. The Morgan fingerprint density at radius 1 is 1.50 bits per heavy atom. The van der Waals surface area contributed by atoms with E-state index in [0.717, 1.165) is 4.90 Å². The number of carboxylic acid groups (broad SMARTS) is 1. The summed E-state index contributed by atoms with van der Waals surface area (Å²) in [5.74, 6) is -6.03. The van der Waals surface area contributed by atoms with E-state index in [1.54, 1.807) is 6.92 Å². The van der Waals surface area contributed by atoms with Gasteiger partial charge in [0.25, 0.3) is 5.92 Å². The first-order valence-corrected chi connectivity index (χ1v) is 5.27. The van der Waals surface area contributed by atoms with Crippen molar-refractivity contribution >= 4 is 11.9 Å².